The molecule has 2 heterocycles. The minimum absolute atomic E-state index is 0.551. The molecule has 1 aromatic rings. The van der Waals surface area contributed by atoms with Crippen molar-refractivity contribution in [2.45, 2.75) is 65.5 Å². The quantitative estimate of drug-likeness (QED) is 0.897. The molecule has 1 aliphatic rings. The first-order chi connectivity index (χ1) is 9.60. The van der Waals surface area contributed by atoms with Crippen LogP contribution in [0.25, 0.3) is 0 Å². The molecule has 0 unspecified atom stereocenters. The minimum atomic E-state index is 0.551. The number of rotatable bonds is 5. The van der Waals surface area contributed by atoms with E-state index >= 15 is 0 Å². The lowest BCUT2D eigenvalue weighted by Gasteiger charge is -2.35. The molecule has 0 aromatic carbocycles. The first kappa shape index (κ1) is 15.2. The van der Waals surface area contributed by atoms with E-state index in [1.807, 2.05) is 13.1 Å². The lowest BCUT2D eigenvalue weighted by molar-refractivity contribution is 0.177. The van der Waals surface area contributed by atoms with Crippen LogP contribution in [-0.4, -0.2) is 40.0 Å². The van der Waals surface area contributed by atoms with Crippen molar-refractivity contribution in [3.8, 4) is 0 Å². The molecule has 0 amide bonds. The molecule has 4 nitrogen and oxygen atoms in total. The SMILES string of the molecule is CCCc1cnc(C)nc1NC1CCN(C(C)C)CC1. The van der Waals surface area contributed by atoms with Gasteiger partial charge in [-0.1, -0.05) is 13.3 Å². The average molecular weight is 276 g/mol. The maximum absolute atomic E-state index is 4.60. The van der Waals surface area contributed by atoms with E-state index in [4.69, 9.17) is 0 Å². The summed E-state index contributed by atoms with van der Waals surface area (Å²) in [5, 5.41) is 3.66. The molecular weight excluding hydrogens is 248 g/mol. The van der Waals surface area contributed by atoms with Gasteiger partial charge in [-0.15, -0.1) is 0 Å². The number of hydrogen-bond acceptors (Lipinski definition) is 4. The van der Waals surface area contributed by atoms with E-state index in [-0.39, 0.29) is 0 Å². The van der Waals surface area contributed by atoms with Crippen molar-refractivity contribution in [1.29, 1.82) is 0 Å². The number of nitrogens with zero attached hydrogens (tertiary/aromatic N) is 3. The van der Waals surface area contributed by atoms with Crippen molar-refractivity contribution in [1.82, 2.24) is 14.9 Å². The summed E-state index contributed by atoms with van der Waals surface area (Å²) in [6, 6.07) is 1.21. The maximum atomic E-state index is 4.60. The smallest absolute Gasteiger partial charge is 0.133 e. The normalized spacial score (nSPS) is 17.6. The van der Waals surface area contributed by atoms with Gasteiger partial charge in [0, 0.05) is 36.9 Å². The fourth-order valence-electron chi connectivity index (χ4n) is 2.83. The first-order valence-electron chi connectivity index (χ1n) is 7.93. The summed E-state index contributed by atoms with van der Waals surface area (Å²) in [5.74, 6) is 1.91. The molecule has 1 fully saturated rings. The van der Waals surface area contributed by atoms with Crippen LogP contribution < -0.4 is 5.32 Å². The van der Waals surface area contributed by atoms with Crippen LogP contribution in [0.1, 0.15) is 51.4 Å². The third kappa shape index (κ3) is 3.92. The summed E-state index contributed by atoms with van der Waals surface area (Å²) < 4.78 is 0. The second-order valence-electron chi connectivity index (χ2n) is 6.09. The molecule has 2 rings (SSSR count). The first-order valence-corrected chi connectivity index (χ1v) is 7.93. The highest BCUT2D eigenvalue weighted by molar-refractivity contribution is 5.44. The van der Waals surface area contributed by atoms with Crippen LogP contribution in [0.4, 0.5) is 5.82 Å². The van der Waals surface area contributed by atoms with Crippen LogP contribution in [0, 0.1) is 6.92 Å². The van der Waals surface area contributed by atoms with E-state index < -0.39 is 0 Å². The van der Waals surface area contributed by atoms with Crippen molar-refractivity contribution < 1.29 is 0 Å². The van der Waals surface area contributed by atoms with Crippen LogP contribution in [0.3, 0.4) is 0 Å². The zero-order chi connectivity index (χ0) is 14.5. The highest BCUT2D eigenvalue weighted by Crippen LogP contribution is 2.20. The van der Waals surface area contributed by atoms with Crippen LogP contribution in [0.2, 0.25) is 0 Å². The van der Waals surface area contributed by atoms with Gasteiger partial charge in [0.05, 0.1) is 0 Å². The fourth-order valence-corrected chi connectivity index (χ4v) is 2.83. The topological polar surface area (TPSA) is 41.1 Å². The fraction of sp³-hybridized carbons (Fsp3) is 0.750. The molecule has 0 saturated carbocycles. The Morgan fingerprint density at radius 3 is 2.65 bits per heavy atom. The minimum Gasteiger partial charge on any atom is -0.367 e. The van der Waals surface area contributed by atoms with Gasteiger partial charge in [0.2, 0.25) is 0 Å². The number of piperidine rings is 1. The third-order valence-corrected chi connectivity index (χ3v) is 4.11. The lowest BCUT2D eigenvalue weighted by Crippen LogP contribution is -2.42. The molecule has 1 N–H and O–H groups in total. The molecule has 0 radical (unpaired) electrons. The molecule has 1 aromatic heterocycles. The summed E-state index contributed by atoms with van der Waals surface area (Å²) in [5.41, 5.74) is 1.25. The Balaban J connectivity index is 1.98. The van der Waals surface area contributed by atoms with Gasteiger partial charge in [0.25, 0.3) is 0 Å². The van der Waals surface area contributed by atoms with Crippen molar-refractivity contribution in [3.63, 3.8) is 0 Å². The van der Waals surface area contributed by atoms with Gasteiger partial charge >= 0.3 is 0 Å². The third-order valence-electron chi connectivity index (χ3n) is 4.11. The molecule has 1 aliphatic heterocycles. The number of likely N-dealkylation sites (tertiary alicyclic amines) is 1. The monoisotopic (exact) mass is 276 g/mol. The number of aromatic nitrogens is 2. The van der Waals surface area contributed by atoms with Gasteiger partial charge in [-0.3, -0.25) is 0 Å². The van der Waals surface area contributed by atoms with E-state index in [0.717, 1.165) is 24.5 Å². The number of aryl methyl sites for hydroxylation is 2. The number of nitrogens with one attached hydrogen (secondary N) is 1. The predicted octanol–water partition coefficient (Wildman–Crippen LogP) is 3.02. The second kappa shape index (κ2) is 7.02. The molecule has 0 spiro atoms. The second-order valence-corrected chi connectivity index (χ2v) is 6.09. The highest BCUT2D eigenvalue weighted by atomic mass is 15.2. The Kier molecular flexibility index (Phi) is 5.35. The molecule has 0 atom stereocenters. The molecular formula is C16H28N4. The summed E-state index contributed by atoms with van der Waals surface area (Å²) in [7, 11) is 0. The Morgan fingerprint density at radius 2 is 2.05 bits per heavy atom. The summed E-state index contributed by atoms with van der Waals surface area (Å²) in [4.78, 5) is 11.5. The lowest BCUT2D eigenvalue weighted by atomic mass is 10.0. The molecule has 4 heteroatoms. The Bertz CT molecular complexity index is 422. The molecule has 0 aliphatic carbocycles. The molecule has 0 bridgehead atoms. The standard InChI is InChI=1S/C16H28N4/c1-5-6-14-11-17-13(4)18-16(14)19-15-7-9-20(10-8-15)12(2)3/h11-12,15H,5-10H2,1-4H3,(H,17,18,19). The van der Waals surface area contributed by atoms with Gasteiger partial charge in [0.15, 0.2) is 0 Å². The van der Waals surface area contributed by atoms with E-state index in [2.05, 4.69) is 41.0 Å². The van der Waals surface area contributed by atoms with Gasteiger partial charge in [0.1, 0.15) is 11.6 Å². The van der Waals surface area contributed by atoms with Crippen LogP contribution in [0.5, 0.6) is 0 Å². The van der Waals surface area contributed by atoms with Gasteiger partial charge in [-0.05, 0) is 40.0 Å². The van der Waals surface area contributed by atoms with E-state index in [0.29, 0.717) is 12.1 Å². The zero-order valence-corrected chi connectivity index (χ0v) is 13.3. The van der Waals surface area contributed by atoms with E-state index in [1.165, 1.54) is 31.5 Å². The van der Waals surface area contributed by atoms with Crippen LogP contribution in [-0.2, 0) is 6.42 Å². The predicted molar refractivity (Wildman–Crippen MR) is 84.1 cm³/mol. The van der Waals surface area contributed by atoms with Gasteiger partial charge in [-0.2, -0.15) is 0 Å². The molecule has 112 valence electrons. The molecule has 1 saturated heterocycles. The van der Waals surface area contributed by atoms with Crippen molar-refractivity contribution >= 4 is 5.82 Å². The Morgan fingerprint density at radius 1 is 1.35 bits per heavy atom. The van der Waals surface area contributed by atoms with Crippen molar-refractivity contribution in [2.24, 2.45) is 0 Å². The largest absolute Gasteiger partial charge is 0.367 e. The Hall–Kier alpha value is -1.16. The van der Waals surface area contributed by atoms with Gasteiger partial charge in [-0.25, -0.2) is 9.97 Å². The summed E-state index contributed by atoms with van der Waals surface area (Å²) in [6.45, 7) is 11.1. The maximum Gasteiger partial charge on any atom is 0.133 e. The van der Waals surface area contributed by atoms with Crippen molar-refractivity contribution in [3.05, 3.63) is 17.6 Å². The van der Waals surface area contributed by atoms with E-state index in [1.54, 1.807) is 0 Å². The number of hydrogen-bond donors (Lipinski definition) is 1. The van der Waals surface area contributed by atoms with Crippen LogP contribution in [0.15, 0.2) is 6.20 Å². The Labute approximate surface area is 123 Å². The highest BCUT2D eigenvalue weighted by Gasteiger charge is 2.21. The van der Waals surface area contributed by atoms with E-state index in [9.17, 15) is 0 Å². The zero-order valence-electron chi connectivity index (χ0n) is 13.3. The number of anilines is 1. The van der Waals surface area contributed by atoms with Crippen LogP contribution >= 0.6 is 0 Å². The summed E-state index contributed by atoms with van der Waals surface area (Å²) in [6.07, 6.45) is 6.57. The summed E-state index contributed by atoms with van der Waals surface area (Å²) >= 11 is 0. The average Bonchev–Trinajstić information content (AvgIpc) is 2.42. The van der Waals surface area contributed by atoms with Gasteiger partial charge < -0.3 is 10.2 Å². The van der Waals surface area contributed by atoms with Crippen molar-refractivity contribution in [2.75, 3.05) is 18.4 Å². The molecule has 20 heavy (non-hydrogen) atoms.